The van der Waals surface area contributed by atoms with Crippen LogP contribution in [0.3, 0.4) is 0 Å². The van der Waals surface area contributed by atoms with Crippen LogP contribution < -0.4 is 9.47 Å². The van der Waals surface area contributed by atoms with Gasteiger partial charge in [0.25, 0.3) is 0 Å². The molecule has 1 aliphatic rings. The second-order valence-corrected chi connectivity index (χ2v) is 7.62. The first-order valence-electron chi connectivity index (χ1n) is 10.3. The molecule has 6 nitrogen and oxygen atoms in total. The molecule has 0 amide bonds. The first-order chi connectivity index (χ1) is 14.5. The molecule has 0 heterocycles. The molecule has 2 aromatic carbocycles. The number of rotatable bonds is 8. The van der Waals surface area contributed by atoms with Gasteiger partial charge in [0.15, 0.2) is 0 Å². The van der Waals surface area contributed by atoms with E-state index in [4.69, 9.17) is 19.3 Å². The molecule has 2 aromatic rings. The Morgan fingerprint density at radius 3 is 1.77 bits per heavy atom. The van der Waals surface area contributed by atoms with Crippen LogP contribution in [-0.2, 0) is 20.9 Å². The van der Waals surface area contributed by atoms with Crippen LogP contribution in [0.25, 0.3) is 0 Å². The van der Waals surface area contributed by atoms with Gasteiger partial charge in [0.1, 0.15) is 11.5 Å². The maximum Gasteiger partial charge on any atom is 0.314 e. The van der Waals surface area contributed by atoms with E-state index in [9.17, 15) is 9.59 Å². The third-order valence-electron chi connectivity index (χ3n) is 5.28. The average molecular weight is 412 g/mol. The molecule has 0 bridgehead atoms. The van der Waals surface area contributed by atoms with Crippen molar-refractivity contribution in [3.05, 3.63) is 59.7 Å². The molecule has 3 rings (SSSR count). The van der Waals surface area contributed by atoms with Gasteiger partial charge in [0.2, 0.25) is 0 Å². The lowest BCUT2D eigenvalue weighted by Gasteiger charge is -2.25. The molecule has 30 heavy (non-hydrogen) atoms. The predicted octanol–water partition coefficient (Wildman–Crippen LogP) is 3.82. The second-order valence-electron chi connectivity index (χ2n) is 7.62. The van der Waals surface area contributed by atoms with Gasteiger partial charge < -0.3 is 19.3 Å². The highest BCUT2D eigenvalue weighted by molar-refractivity contribution is 5.77. The largest absolute Gasteiger partial charge is 0.426 e. The van der Waals surface area contributed by atoms with Gasteiger partial charge in [0, 0.05) is 0 Å². The number of benzene rings is 2. The minimum atomic E-state index is -0.260. The third kappa shape index (κ3) is 6.40. The summed E-state index contributed by atoms with van der Waals surface area (Å²) in [5, 5.41) is 8.73. The minimum Gasteiger partial charge on any atom is -0.426 e. The molecule has 0 atom stereocenters. The van der Waals surface area contributed by atoms with Crippen molar-refractivity contribution >= 4 is 11.9 Å². The fourth-order valence-electron chi connectivity index (χ4n) is 3.48. The molecular weight excluding hydrogens is 384 g/mol. The zero-order valence-corrected chi connectivity index (χ0v) is 17.2. The standard InChI is InChI=1S/C24H28O6/c1-17-2-10-21(11-3-17)29-23(26)19-6-8-20(9-7-19)24(27)30-22-12-4-18(5-13-22)16-28-15-14-25/h2-5,10-13,19-20,25H,6-9,14-16H2,1H3/t19-,20-. The fraction of sp³-hybridized carbons (Fsp3) is 0.417. The Morgan fingerprint density at radius 2 is 1.30 bits per heavy atom. The SMILES string of the molecule is Cc1ccc(OC(=O)[C@H]2CC[C@H](C(=O)Oc3ccc(COCCO)cc3)CC2)cc1. The number of hydrogen-bond donors (Lipinski definition) is 1. The number of carbonyl (C=O) groups is 2. The van der Waals surface area contributed by atoms with E-state index in [0.717, 1.165) is 11.1 Å². The zero-order chi connectivity index (χ0) is 21.3. The molecule has 0 unspecified atom stereocenters. The number of esters is 2. The molecule has 0 saturated heterocycles. The number of aliphatic hydroxyl groups is 1. The van der Waals surface area contributed by atoms with Gasteiger partial charge in [-0.15, -0.1) is 0 Å². The van der Waals surface area contributed by atoms with Crippen molar-refractivity contribution in [1.29, 1.82) is 0 Å². The van der Waals surface area contributed by atoms with Crippen molar-refractivity contribution in [3.8, 4) is 11.5 Å². The summed E-state index contributed by atoms with van der Waals surface area (Å²) in [5.41, 5.74) is 2.05. The average Bonchev–Trinajstić information content (AvgIpc) is 2.77. The van der Waals surface area contributed by atoms with Gasteiger partial charge >= 0.3 is 11.9 Å². The summed E-state index contributed by atoms with van der Waals surface area (Å²) in [6.45, 7) is 2.66. The quantitative estimate of drug-likeness (QED) is 0.403. The minimum absolute atomic E-state index is 0.0123. The van der Waals surface area contributed by atoms with E-state index in [1.165, 1.54) is 0 Å². The highest BCUT2D eigenvalue weighted by atomic mass is 16.5. The van der Waals surface area contributed by atoms with E-state index in [1.54, 1.807) is 24.3 Å². The van der Waals surface area contributed by atoms with Crippen molar-refractivity contribution in [1.82, 2.24) is 0 Å². The van der Waals surface area contributed by atoms with E-state index in [-0.39, 0.29) is 37.0 Å². The van der Waals surface area contributed by atoms with Crippen molar-refractivity contribution in [2.75, 3.05) is 13.2 Å². The van der Waals surface area contributed by atoms with E-state index >= 15 is 0 Å². The molecule has 0 aliphatic heterocycles. The molecule has 0 aromatic heterocycles. The first kappa shape index (κ1) is 22.0. The monoisotopic (exact) mass is 412 g/mol. The molecule has 0 spiro atoms. The lowest BCUT2D eigenvalue weighted by Crippen LogP contribution is -2.30. The van der Waals surface area contributed by atoms with Crippen LogP contribution in [0.4, 0.5) is 0 Å². The molecule has 160 valence electrons. The molecule has 1 saturated carbocycles. The van der Waals surface area contributed by atoms with Crippen molar-refractivity contribution < 1.29 is 28.9 Å². The smallest absolute Gasteiger partial charge is 0.314 e. The van der Waals surface area contributed by atoms with Gasteiger partial charge in [-0.25, -0.2) is 0 Å². The van der Waals surface area contributed by atoms with Crippen LogP contribution in [-0.4, -0.2) is 30.3 Å². The molecule has 1 aliphatic carbocycles. The highest BCUT2D eigenvalue weighted by Crippen LogP contribution is 2.31. The number of carbonyl (C=O) groups excluding carboxylic acids is 2. The Balaban J connectivity index is 1.43. The second kappa shape index (κ2) is 10.9. The van der Waals surface area contributed by atoms with Crippen LogP contribution in [0, 0.1) is 18.8 Å². The number of ether oxygens (including phenoxy) is 3. The van der Waals surface area contributed by atoms with Crippen LogP contribution in [0.5, 0.6) is 11.5 Å². The van der Waals surface area contributed by atoms with Crippen LogP contribution >= 0.6 is 0 Å². The summed E-state index contributed by atoms with van der Waals surface area (Å²) in [7, 11) is 0. The Labute approximate surface area is 176 Å². The maximum atomic E-state index is 12.5. The molecular formula is C24H28O6. The van der Waals surface area contributed by atoms with Gasteiger partial charge in [-0.05, 0) is 62.4 Å². The Bertz CT molecular complexity index is 820. The summed E-state index contributed by atoms with van der Waals surface area (Å²) < 4.78 is 16.2. The maximum absolute atomic E-state index is 12.5. The van der Waals surface area contributed by atoms with E-state index in [0.29, 0.717) is 43.8 Å². The number of aliphatic hydroxyl groups excluding tert-OH is 1. The Kier molecular flexibility index (Phi) is 7.99. The van der Waals surface area contributed by atoms with E-state index in [1.807, 2.05) is 31.2 Å². The van der Waals surface area contributed by atoms with Gasteiger partial charge in [-0.2, -0.15) is 0 Å². The summed E-state index contributed by atoms with van der Waals surface area (Å²) >= 11 is 0. The lowest BCUT2D eigenvalue weighted by atomic mass is 9.82. The summed E-state index contributed by atoms with van der Waals surface area (Å²) in [5.74, 6) is 0.160. The summed E-state index contributed by atoms with van der Waals surface area (Å²) in [4.78, 5) is 24.9. The third-order valence-corrected chi connectivity index (χ3v) is 5.28. The summed E-state index contributed by atoms with van der Waals surface area (Å²) in [6, 6.07) is 14.5. The number of hydrogen-bond acceptors (Lipinski definition) is 6. The van der Waals surface area contributed by atoms with Crippen LogP contribution in [0.2, 0.25) is 0 Å². The molecule has 1 fully saturated rings. The topological polar surface area (TPSA) is 82.1 Å². The Hall–Kier alpha value is -2.70. The molecule has 0 radical (unpaired) electrons. The van der Waals surface area contributed by atoms with E-state index < -0.39 is 0 Å². The van der Waals surface area contributed by atoms with Crippen molar-refractivity contribution in [3.63, 3.8) is 0 Å². The van der Waals surface area contributed by atoms with E-state index in [2.05, 4.69) is 0 Å². The normalized spacial score (nSPS) is 18.6. The van der Waals surface area contributed by atoms with Crippen molar-refractivity contribution in [2.45, 2.75) is 39.2 Å². The Morgan fingerprint density at radius 1 is 0.833 bits per heavy atom. The van der Waals surface area contributed by atoms with Gasteiger partial charge in [0.05, 0.1) is 31.7 Å². The van der Waals surface area contributed by atoms with Crippen LogP contribution in [0.15, 0.2) is 48.5 Å². The van der Waals surface area contributed by atoms with Gasteiger partial charge in [-0.1, -0.05) is 29.8 Å². The zero-order valence-electron chi connectivity index (χ0n) is 17.2. The fourth-order valence-corrected chi connectivity index (χ4v) is 3.48. The van der Waals surface area contributed by atoms with Crippen LogP contribution in [0.1, 0.15) is 36.8 Å². The molecule has 6 heteroatoms. The first-order valence-corrected chi connectivity index (χ1v) is 10.3. The molecule has 1 N–H and O–H groups in total. The lowest BCUT2D eigenvalue weighted by molar-refractivity contribution is -0.145. The van der Waals surface area contributed by atoms with Gasteiger partial charge in [-0.3, -0.25) is 9.59 Å². The highest BCUT2D eigenvalue weighted by Gasteiger charge is 2.32. The summed E-state index contributed by atoms with van der Waals surface area (Å²) in [6.07, 6.45) is 2.45. The number of aryl methyl sites for hydroxylation is 1. The predicted molar refractivity (Wildman–Crippen MR) is 111 cm³/mol. The van der Waals surface area contributed by atoms with Crippen molar-refractivity contribution in [2.24, 2.45) is 11.8 Å².